The van der Waals surface area contributed by atoms with E-state index in [0.29, 0.717) is 6.42 Å². The van der Waals surface area contributed by atoms with Gasteiger partial charge in [-0.3, -0.25) is 14.3 Å². The third-order valence-corrected chi connectivity index (χ3v) is 2.88. The van der Waals surface area contributed by atoms with Gasteiger partial charge >= 0.3 is 6.18 Å². The van der Waals surface area contributed by atoms with Crippen LogP contribution in [0.1, 0.15) is 37.2 Å². The Labute approximate surface area is 125 Å². The van der Waals surface area contributed by atoms with Crippen molar-refractivity contribution >= 4 is 5.91 Å². The standard InChI is InChI=1S/C13H18F3N3O3/c1-3-4-7-22-11-9(20)5-6-19(17)10(11)12(21)18-8(2)13(14,15)16/h5-6,8H,3-4,7,17H2,1-2H3,(H,18,21)/t8-/m1/s1. The number of halogens is 3. The van der Waals surface area contributed by atoms with Gasteiger partial charge in [0, 0.05) is 12.3 Å². The Bertz CT molecular complexity index is 584. The number of nitrogens with two attached hydrogens (primary N) is 1. The quantitative estimate of drug-likeness (QED) is 0.613. The lowest BCUT2D eigenvalue weighted by atomic mass is 10.2. The summed E-state index contributed by atoms with van der Waals surface area (Å²) < 4.78 is 43.5. The molecule has 0 saturated heterocycles. The number of unbranched alkanes of at least 4 members (excludes halogenated alkanes) is 1. The molecule has 9 heteroatoms. The summed E-state index contributed by atoms with van der Waals surface area (Å²) in [4.78, 5) is 23.8. The number of nitrogens with one attached hydrogen (secondary N) is 1. The van der Waals surface area contributed by atoms with Crippen molar-refractivity contribution in [2.45, 2.75) is 38.9 Å². The minimum absolute atomic E-state index is 0.158. The van der Waals surface area contributed by atoms with Gasteiger partial charge in [-0.25, -0.2) is 0 Å². The molecule has 0 aliphatic rings. The average molecular weight is 321 g/mol. The fraction of sp³-hybridized carbons (Fsp3) is 0.538. The normalized spacial score (nSPS) is 12.8. The Balaban J connectivity index is 3.08. The van der Waals surface area contributed by atoms with Crippen LogP contribution in [0.4, 0.5) is 13.2 Å². The van der Waals surface area contributed by atoms with Crippen LogP contribution in [0.15, 0.2) is 17.1 Å². The van der Waals surface area contributed by atoms with Crippen LogP contribution in [-0.4, -0.2) is 29.4 Å². The molecule has 0 aliphatic heterocycles. The molecule has 0 aliphatic carbocycles. The van der Waals surface area contributed by atoms with E-state index in [1.54, 1.807) is 5.32 Å². The molecule has 1 amide bonds. The first-order valence-electron chi connectivity index (χ1n) is 6.69. The lowest BCUT2D eigenvalue weighted by molar-refractivity contribution is -0.149. The van der Waals surface area contributed by atoms with E-state index >= 15 is 0 Å². The van der Waals surface area contributed by atoms with Crippen molar-refractivity contribution in [3.8, 4) is 5.75 Å². The number of carbonyl (C=O) groups is 1. The Hall–Kier alpha value is -2.19. The van der Waals surface area contributed by atoms with Gasteiger partial charge in [-0.2, -0.15) is 13.2 Å². The number of hydrogen-bond acceptors (Lipinski definition) is 4. The van der Waals surface area contributed by atoms with Crippen LogP contribution in [0.5, 0.6) is 5.75 Å². The third-order valence-electron chi connectivity index (χ3n) is 2.88. The first-order valence-corrected chi connectivity index (χ1v) is 6.69. The van der Waals surface area contributed by atoms with Crippen molar-refractivity contribution in [1.29, 1.82) is 0 Å². The van der Waals surface area contributed by atoms with Crippen LogP contribution < -0.4 is 21.3 Å². The predicted octanol–water partition coefficient (Wildman–Crippen LogP) is 1.42. The van der Waals surface area contributed by atoms with Crippen LogP contribution in [0.3, 0.4) is 0 Å². The number of ether oxygens (including phenoxy) is 1. The van der Waals surface area contributed by atoms with Crippen LogP contribution in [0.2, 0.25) is 0 Å². The maximum atomic E-state index is 12.5. The van der Waals surface area contributed by atoms with Gasteiger partial charge < -0.3 is 15.9 Å². The van der Waals surface area contributed by atoms with E-state index in [1.165, 1.54) is 0 Å². The average Bonchev–Trinajstić information content (AvgIpc) is 2.41. The summed E-state index contributed by atoms with van der Waals surface area (Å²) in [5, 5.41) is 1.75. The fourth-order valence-electron chi connectivity index (χ4n) is 1.56. The number of rotatable bonds is 6. The molecule has 0 aromatic carbocycles. The number of hydrogen-bond donors (Lipinski definition) is 2. The number of aromatic nitrogens is 1. The second-order valence-electron chi connectivity index (χ2n) is 4.70. The molecule has 124 valence electrons. The summed E-state index contributed by atoms with van der Waals surface area (Å²) in [6.45, 7) is 2.84. The van der Waals surface area contributed by atoms with E-state index in [2.05, 4.69) is 0 Å². The Kier molecular flexibility index (Phi) is 5.84. The molecule has 0 fully saturated rings. The van der Waals surface area contributed by atoms with Crippen molar-refractivity contribution in [3.05, 3.63) is 28.2 Å². The molecule has 1 atom stereocenters. The van der Waals surface area contributed by atoms with E-state index in [1.807, 2.05) is 6.92 Å². The van der Waals surface area contributed by atoms with E-state index < -0.39 is 29.2 Å². The van der Waals surface area contributed by atoms with Gasteiger partial charge in [-0.05, 0) is 13.3 Å². The molecule has 0 unspecified atom stereocenters. The van der Waals surface area contributed by atoms with Crippen LogP contribution >= 0.6 is 0 Å². The minimum atomic E-state index is -4.60. The Morgan fingerprint density at radius 1 is 1.50 bits per heavy atom. The maximum absolute atomic E-state index is 12.5. The van der Waals surface area contributed by atoms with Crippen molar-refractivity contribution in [3.63, 3.8) is 0 Å². The number of nitrogen functional groups attached to an aromatic ring is 1. The lowest BCUT2D eigenvalue weighted by Gasteiger charge is -2.19. The molecule has 1 rings (SSSR count). The summed E-state index contributed by atoms with van der Waals surface area (Å²) in [5.74, 6) is 4.05. The first-order chi connectivity index (χ1) is 10.2. The highest BCUT2D eigenvalue weighted by Crippen LogP contribution is 2.20. The SMILES string of the molecule is CCCCOc1c(C(=O)N[C@H](C)C(F)(F)F)n(N)ccc1=O. The predicted molar refractivity (Wildman–Crippen MR) is 74.2 cm³/mol. The van der Waals surface area contributed by atoms with Gasteiger partial charge in [0.25, 0.3) is 5.91 Å². The minimum Gasteiger partial charge on any atom is -0.487 e. The van der Waals surface area contributed by atoms with Crippen molar-refractivity contribution in [1.82, 2.24) is 9.99 Å². The molecule has 3 N–H and O–H groups in total. The Morgan fingerprint density at radius 2 is 2.14 bits per heavy atom. The number of pyridine rings is 1. The number of amides is 1. The molecule has 0 bridgehead atoms. The van der Waals surface area contributed by atoms with Gasteiger partial charge in [0.05, 0.1) is 6.61 Å². The smallest absolute Gasteiger partial charge is 0.408 e. The molecular weight excluding hydrogens is 303 g/mol. The third kappa shape index (κ3) is 4.40. The van der Waals surface area contributed by atoms with Crippen LogP contribution in [0.25, 0.3) is 0 Å². The molecule has 1 heterocycles. The maximum Gasteiger partial charge on any atom is 0.408 e. The second-order valence-corrected chi connectivity index (χ2v) is 4.70. The van der Waals surface area contributed by atoms with E-state index in [0.717, 1.165) is 30.3 Å². The second kappa shape index (κ2) is 7.19. The highest BCUT2D eigenvalue weighted by molar-refractivity contribution is 5.95. The molecule has 6 nitrogen and oxygen atoms in total. The highest BCUT2D eigenvalue weighted by atomic mass is 19.4. The van der Waals surface area contributed by atoms with Crippen molar-refractivity contribution in [2.24, 2.45) is 0 Å². The van der Waals surface area contributed by atoms with E-state index in [9.17, 15) is 22.8 Å². The number of nitrogens with zero attached hydrogens (tertiary/aromatic N) is 1. The molecule has 22 heavy (non-hydrogen) atoms. The van der Waals surface area contributed by atoms with Gasteiger partial charge in [0.1, 0.15) is 6.04 Å². The zero-order chi connectivity index (χ0) is 16.9. The van der Waals surface area contributed by atoms with Gasteiger partial charge in [0.2, 0.25) is 5.43 Å². The first kappa shape index (κ1) is 17.9. The van der Waals surface area contributed by atoms with Crippen molar-refractivity contribution in [2.75, 3.05) is 12.4 Å². The molecule has 0 saturated carbocycles. The van der Waals surface area contributed by atoms with Crippen LogP contribution in [-0.2, 0) is 0 Å². The van der Waals surface area contributed by atoms with Crippen LogP contribution in [0, 0.1) is 0 Å². The van der Waals surface area contributed by atoms with Crippen molar-refractivity contribution < 1.29 is 22.7 Å². The summed E-state index contributed by atoms with van der Waals surface area (Å²) in [5.41, 5.74) is -1.07. The lowest BCUT2D eigenvalue weighted by Crippen LogP contribution is -2.44. The monoisotopic (exact) mass is 321 g/mol. The summed E-state index contributed by atoms with van der Waals surface area (Å²) >= 11 is 0. The largest absolute Gasteiger partial charge is 0.487 e. The zero-order valence-corrected chi connectivity index (χ0v) is 12.2. The van der Waals surface area contributed by atoms with Gasteiger partial charge in [-0.15, -0.1) is 0 Å². The highest BCUT2D eigenvalue weighted by Gasteiger charge is 2.38. The summed E-state index contributed by atoms with van der Waals surface area (Å²) in [6.07, 6.45) is -2.11. The molecule has 1 aromatic rings. The summed E-state index contributed by atoms with van der Waals surface area (Å²) in [6, 6.07) is -1.01. The number of carbonyl (C=O) groups excluding carboxylic acids is 1. The molecular formula is C13H18F3N3O3. The Morgan fingerprint density at radius 3 is 2.68 bits per heavy atom. The molecule has 0 spiro atoms. The van der Waals surface area contributed by atoms with Gasteiger partial charge in [-0.1, -0.05) is 13.3 Å². The zero-order valence-electron chi connectivity index (χ0n) is 12.2. The van der Waals surface area contributed by atoms with E-state index in [4.69, 9.17) is 10.6 Å². The summed E-state index contributed by atoms with van der Waals surface area (Å²) in [7, 11) is 0. The van der Waals surface area contributed by atoms with E-state index in [-0.39, 0.29) is 12.4 Å². The molecule has 0 radical (unpaired) electrons. The number of alkyl halides is 3. The molecule has 1 aromatic heterocycles. The topological polar surface area (TPSA) is 86.3 Å². The van der Waals surface area contributed by atoms with Gasteiger partial charge in [0.15, 0.2) is 11.4 Å². The fourth-order valence-corrected chi connectivity index (χ4v) is 1.56.